The highest BCUT2D eigenvalue weighted by atomic mass is 19.4. The van der Waals surface area contributed by atoms with Crippen molar-refractivity contribution >= 4 is 23.2 Å². The lowest BCUT2D eigenvalue weighted by atomic mass is 9.96. The molecule has 0 radical (unpaired) electrons. The molecule has 180 valence electrons. The minimum Gasteiger partial charge on any atom is -0.457 e. The van der Waals surface area contributed by atoms with Crippen molar-refractivity contribution in [3.8, 4) is 0 Å². The summed E-state index contributed by atoms with van der Waals surface area (Å²) >= 11 is 0. The first-order valence-corrected chi connectivity index (χ1v) is 10.9. The highest BCUT2D eigenvalue weighted by Crippen LogP contribution is 2.29. The Morgan fingerprint density at radius 2 is 1.71 bits per heavy atom. The van der Waals surface area contributed by atoms with E-state index >= 15 is 0 Å². The van der Waals surface area contributed by atoms with E-state index in [1.54, 1.807) is 11.0 Å². The van der Waals surface area contributed by atoms with Gasteiger partial charge in [-0.05, 0) is 68.5 Å². The lowest BCUT2D eigenvalue weighted by molar-refractivity contribution is -0.148. The number of anilines is 1. The van der Waals surface area contributed by atoms with Gasteiger partial charge in [0.05, 0.1) is 5.92 Å². The van der Waals surface area contributed by atoms with Gasteiger partial charge in [0.15, 0.2) is 12.3 Å². The largest absolute Gasteiger partial charge is 0.457 e. The van der Waals surface area contributed by atoms with Crippen LogP contribution in [0.2, 0.25) is 0 Å². The molecule has 34 heavy (non-hydrogen) atoms. The summed E-state index contributed by atoms with van der Waals surface area (Å²) in [4.78, 5) is 26.9. The van der Waals surface area contributed by atoms with Crippen LogP contribution in [0, 0.1) is 26.7 Å². The van der Waals surface area contributed by atoms with Gasteiger partial charge in [0.1, 0.15) is 5.82 Å². The molecule has 0 aliphatic carbocycles. The molecule has 4 rings (SSSR count). The number of aryl methyl sites for hydroxylation is 3. The van der Waals surface area contributed by atoms with Gasteiger partial charge in [-0.15, -0.1) is 15.3 Å². The lowest BCUT2D eigenvalue weighted by Crippen LogP contribution is -2.38. The first kappa shape index (κ1) is 23.7. The molecule has 0 N–H and O–H groups in total. The molecular formula is C23H24F3N5O3. The molecule has 0 bridgehead atoms. The fourth-order valence-electron chi connectivity index (χ4n) is 4.06. The van der Waals surface area contributed by atoms with Gasteiger partial charge in [-0.3, -0.25) is 9.59 Å². The van der Waals surface area contributed by atoms with E-state index in [-0.39, 0.29) is 18.0 Å². The molecule has 3 heterocycles. The van der Waals surface area contributed by atoms with Crippen molar-refractivity contribution in [1.82, 2.24) is 19.8 Å². The molecule has 1 fully saturated rings. The van der Waals surface area contributed by atoms with Crippen molar-refractivity contribution in [1.29, 1.82) is 0 Å². The summed E-state index contributed by atoms with van der Waals surface area (Å²) < 4.78 is 45.3. The standard InChI is InChI=1S/C23H24F3N5O3/c1-13-10-15(3)17(11-14(13)2)18(32)12-34-21(33)16-6-8-30(9-7-16)20-5-4-19-27-28-22(23(24,25)26)31(19)29-20/h4-5,10-11,16H,6-9,12H2,1-3H3. The third-order valence-corrected chi connectivity index (χ3v) is 6.14. The zero-order chi connectivity index (χ0) is 24.6. The minimum atomic E-state index is -4.67. The Bertz CT molecular complexity index is 1250. The van der Waals surface area contributed by atoms with Crippen molar-refractivity contribution < 1.29 is 27.5 Å². The summed E-state index contributed by atoms with van der Waals surface area (Å²) in [7, 11) is 0. The number of carbonyl (C=O) groups excluding carboxylic acids is 2. The van der Waals surface area contributed by atoms with E-state index < -0.39 is 23.9 Å². The Labute approximate surface area is 193 Å². The van der Waals surface area contributed by atoms with Gasteiger partial charge < -0.3 is 9.64 Å². The maximum Gasteiger partial charge on any atom is 0.453 e. The minimum absolute atomic E-state index is 0.00165. The summed E-state index contributed by atoms with van der Waals surface area (Å²) in [5.74, 6) is -1.94. The number of ketones is 1. The zero-order valence-electron chi connectivity index (χ0n) is 19.0. The number of benzene rings is 1. The number of nitrogens with zero attached hydrogens (tertiary/aromatic N) is 5. The summed E-state index contributed by atoms with van der Waals surface area (Å²) in [6.45, 7) is 6.23. The second-order valence-corrected chi connectivity index (χ2v) is 8.53. The van der Waals surface area contributed by atoms with Crippen LogP contribution in [0.25, 0.3) is 5.65 Å². The molecule has 1 aromatic carbocycles. The van der Waals surface area contributed by atoms with E-state index in [1.807, 2.05) is 32.9 Å². The predicted octanol–water partition coefficient (Wildman–Crippen LogP) is 3.71. The van der Waals surface area contributed by atoms with Gasteiger partial charge in [0.2, 0.25) is 5.78 Å². The summed E-state index contributed by atoms with van der Waals surface area (Å²) in [5.41, 5.74) is 3.46. The highest BCUT2D eigenvalue weighted by Gasteiger charge is 2.38. The molecule has 1 aliphatic heterocycles. The van der Waals surface area contributed by atoms with Crippen LogP contribution >= 0.6 is 0 Å². The lowest BCUT2D eigenvalue weighted by Gasteiger charge is -2.31. The second-order valence-electron chi connectivity index (χ2n) is 8.53. The number of ether oxygens (including phenoxy) is 1. The Kier molecular flexibility index (Phi) is 6.28. The van der Waals surface area contributed by atoms with Gasteiger partial charge in [-0.1, -0.05) is 6.07 Å². The number of esters is 1. The number of hydrogen-bond donors (Lipinski definition) is 0. The Morgan fingerprint density at radius 1 is 1.03 bits per heavy atom. The first-order chi connectivity index (χ1) is 16.0. The van der Waals surface area contributed by atoms with Crippen LogP contribution < -0.4 is 4.90 Å². The first-order valence-electron chi connectivity index (χ1n) is 10.9. The normalized spacial score (nSPS) is 15.1. The van der Waals surface area contributed by atoms with Gasteiger partial charge in [-0.25, -0.2) is 0 Å². The molecule has 1 aliphatic rings. The molecule has 8 nitrogen and oxygen atoms in total. The number of fused-ring (bicyclic) bond motifs is 1. The van der Waals surface area contributed by atoms with Gasteiger partial charge in [-0.2, -0.15) is 17.7 Å². The van der Waals surface area contributed by atoms with Gasteiger partial charge in [0.25, 0.3) is 5.82 Å². The van der Waals surface area contributed by atoms with Crippen molar-refractivity contribution in [2.75, 3.05) is 24.6 Å². The molecule has 0 saturated carbocycles. The van der Waals surface area contributed by atoms with E-state index in [2.05, 4.69) is 15.3 Å². The highest BCUT2D eigenvalue weighted by molar-refractivity contribution is 5.99. The molecule has 2 aromatic heterocycles. The molecule has 0 amide bonds. The summed E-state index contributed by atoms with van der Waals surface area (Å²) in [6, 6.07) is 6.74. The van der Waals surface area contributed by atoms with Crippen LogP contribution in [-0.4, -0.2) is 51.3 Å². The van der Waals surface area contributed by atoms with Crippen LogP contribution in [-0.2, 0) is 15.7 Å². The fraction of sp³-hybridized carbons (Fsp3) is 0.435. The molecule has 0 spiro atoms. The topological polar surface area (TPSA) is 89.7 Å². The number of piperidine rings is 1. The smallest absolute Gasteiger partial charge is 0.453 e. The number of Topliss-reactive ketones (excluding diaryl/α,β-unsaturated/α-hetero) is 1. The average Bonchev–Trinajstić information content (AvgIpc) is 3.23. The number of halogens is 3. The van der Waals surface area contributed by atoms with E-state index in [0.29, 0.717) is 41.8 Å². The van der Waals surface area contributed by atoms with Crippen LogP contribution in [0.3, 0.4) is 0 Å². The quantitative estimate of drug-likeness (QED) is 0.411. The fourth-order valence-corrected chi connectivity index (χ4v) is 4.06. The SMILES string of the molecule is Cc1cc(C)c(C(=O)COC(=O)C2CCN(c3ccc4nnc(C(F)(F)F)n4n3)CC2)cc1C. The Balaban J connectivity index is 1.35. The third-order valence-electron chi connectivity index (χ3n) is 6.14. The average molecular weight is 475 g/mol. The molecule has 0 atom stereocenters. The number of aromatic nitrogens is 4. The maximum atomic E-state index is 13.1. The Morgan fingerprint density at radius 3 is 2.38 bits per heavy atom. The maximum absolute atomic E-state index is 13.1. The molecule has 3 aromatic rings. The number of hydrogen-bond acceptors (Lipinski definition) is 7. The monoisotopic (exact) mass is 475 g/mol. The van der Waals surface area contributed by atoms with Crippen LogP contribution in [0.5, 0.6) is 0 Å². The predicted molar refractivity (Wildman–Crippen MR) is 117 cm³/mol. The van der Waals surface area contributed by atoms with Crippen LogP contribution in [0.4, 0.5) is 19.0 Å². The Hall–Kier alpha value is -3.50. The van der Waals surface area contributed by atoms with E-state index in [4.69, 9.17) is 4.74 Å². The van der Waals surface area contributed by atoms with E-state index in [1.165, 1.54) is 6.07 Å². The van der Waals surface area contributed by atoms with Crippen molar-refractivity contribution in [2.45, 2.75) is 39.8 Å². The van der Waals surface area contributed by atoms with Crippen LogP contribution in [0.1, 0.15) is 45.7 Å². The van der Waals surface area contributed by atoms with Crippen molar-refractivity contribution in [2.24, 2.45) is 5.92 Å². The molecule has 1 saturated heterocycles. The number of carbonyl (C=O) groups is 2. The summed E-state index contributed by atoms with van der Waals surface area (Å²) in [5, 5.41) is 10.7. The van der Waals surface area contributed by atoms with Gasteiger partial charge in [0, 0.05) is 18.7 Å². The third kappa shape index (κ3) is 4.73. The van der Waals surface area contributed by atoms with Crippen molar-refractivity contribution in [3.63, 3.8) is 0 Å². The van der Waals surface area contributed by atoms with Crippen LogP contribution in [0.15, 0.2) is 24.3 Å². The summed E-state index contributed by atoms with van der Waals surface area (Å²) in [6.07, 6.45) is -3.80. The number of rotatable bonds is 5. The number of alkyl halides is 3. The van der Waals surface area contributed by atoms with Gasteiger partial charge >= 0.3 is 12.1 Å². The second kappa shape index (κ2) is 9.03. The van der Waals surface area contributed by atoms with Crippen molar-refractivity contribution in [3.05, 3.63) is 52.3 Å². The molecule has 11 heteroatoms. The molecule has 0 unspecified atom stereocenters. The zero-order valence-corrected chi connectivity index (χ0v) is 19.0. The van der Waals surface area contributed by atoms with E-state index in [9.17, 15) is 22.8 Å². The van der Waals surface area contributed by atoms with E-state index in [0.717, 1.165) is 16.7 Å². The molecular weight excluding hydrogens is 451 g/mol.